The van der Waals surface area contributed by atoms with Gasteiger partial charge in [-0.15, -0.1) is 0 Å². The van der Waals surface area contributed by atoms with Crippen LogP contribution in [0.25, 0.3) is 22.0 Å². The number of aliphatic hydroxyl groups is 1. The van der Waals surface area contributed by atoms with Crippen LogP contribution in [0.2, 0.25) is 0 Å². The molecule has 2 aromatic carbocycles. The summed E-state index contributed by atoms with van der Waals surface area (Å²) < 4.78 is 11.9. The maximum absolute atomic E-state index is 9.92. The van der Waals surface area contributed by atoms with Gasteiger partial charge < -0.3 is 14.6 Å². The Morgan fingerprint density at radius 3 is 2.97 bits per heavy atom. The lowest BCUT2D eigenvalue weighted by molar-refractivity contribution is -0.0448. The van der Waals surface area contributed by atoms with Crippen molar-refractivity contribution in [2.45, 2.75) is 31.7 Å². The van der Waals surface area contributed by atoms with E-state index in [0.29, 0.717) is 26.1 Å². The molecule has 4 nitrogen and oxygen atoms in total. The van der Waals surface area contributed by atoms with Crippen LogP contribution in [-0.4, -0.2) is 22.8 Å². The Labute approximate surface area is 179 Å². The van der Waals surface area contributed by atoms with Crippen LogP contribution in [0.15, 0.2) is 71.6 Å². The fourth-order valence-electron chi connectivity index (χ4n) is 3.95. The van der Waals surface area contributed by atoms with E-state index in [2.05, 4.69) is 52.1 Å². The number of rotatable bonds is 5. The van der Waals surface area contributed by atoms with E-state index in [-0.39, 0.29) is 12.2 Å². The molecular formula is C25H23NO3S. The zero-order valence-electron chi connectivity index (χ0n) is 16.5. The van der Waals surface area contributed by atoms with Gasteiger partial charge in [-0.1, -0.05) is 18.2 Å². The van der Waals surface area contributed by atoms with E-state index < -0.39 is 0 Å². The Bertz CT molecular complexity index is 1140. The van der Waals surface area contributed by atoms with Gasteiger partial charge in [-0.05, 0) is 69.8 Å². The monoisotopic (exact) mass is 417 g/mol. The number of ether oxygens (including phenoxy) is 2. The first kappa shape index (κ1) is 19.2. The summed E-state index contributed by atoms with van der Waals surface area (Å²) in [5, 5.41) is 15.3. The molecule has 30 heavy (non-hydrogen) atoms. The number of aliphatic hydroxyl groups excluding tert-OH is 1. The number of hydrogen-bond donors (Lipinski definition) is 1. The lowest BCUT2D eigenvalue weighted by Crippen LogP contribution is -2.23. The highest BCUT2D eigenvalue weighted by Crippen LogP contribution is 2.32. The summed E-state index contributed by atoms with van der Waals surface area (Å²) in [6.07, 6.45) is 2.87. The Morgan fingerprint density at radius 1 is 1.13 bits per heavy atom. The number of hydrogen-bond acceptors (Lipinski definition) is 5. The third-order valence-electron chi connectivity index (χ3n) is 5.53. The third kappa shape index (κ3) is 4.10. The molecule has 1 N–H and O–H groups in total. The Balaban J connectivity index is 1.32. The van der Waals surface area contributed by atoms with Crippen LogP contribution in [0.1, 0.15) is 30.1 Å². The molecule has 0 bridgehead atoms. The third-order valence-corrected chi connectivity index (χ3v) is 6.21. The minimum absolute atomic E-state index is 0.0471. The standard InChI is InChI=1S/C25H23NO3S/c27-20-7-10-28-25(13-20)18-3-1-2-17(12-18)15-29-21-4-5-23-22(19-8-11-30-16-19)6-9-26-24(23)14-21/h1-6,8-9,11-12,14,16,20,25,27H,7,10,13,15H2. The Morgan fingerprint density at radius 2 is 2.10 bits per heavy atom. The topological polar surface area (TPSA) is 51.6 Å². The summed E-state index contributed by atoms with van der Waals surface area (Å²) in [5.41, 5.74) is 5.50. The van der Waals surface area contributed by atoms with E-state index in [1.54, 1.807) is 11.3 Å². The second-order valence-electron chi connectivity index (χ2n) is 7.62. The van der Waals surface area contributed by atoms with Gasteiger partial charge in [-0.2, -0.15) is 11.3 Å². The first-order chi connectivity index (χ1) is 14.8. The first-order valence-electron chi connectivity index (χ1n) is 10.2. The molecule has 0 amide bonds. The average Bonchev–Trinajstić information content (AvgIpc) is 3.32. The van der Waals surface area contributed by atoms with Gasteiger partial charge in [-0.25, -0.2) is 0 Å². The van der Waals surface area contributed by atoms with Crippen LogP contribution in [-0.2, 0) is 11.3 Å². The largest absolute Gasteiger partial charge is 0.489 e. The quantitative estimate of drug-likeness (QED) is 0.449. The lowest BCUT2D eigenvalue weighted by atomic mass is 9.98. The number of thiophene rings is 1. The van der Waals surface area contributed by atoms with Crippen molar-refractivity contribution in [2.75, 3.05) is 6.61 Å². The van der Waals surface area contributed by atoms with Crippen molar-refractivity contribution in [3.05, 3.63) is 82.7 Å². The van der Waals surface area contributed by atoms with E-state index in [0.717, 1.165) is 27.8 Å². The molecule has 2 aromatic heterocycles. The molecule has 1 aliphatic rings. The summed E-state index contributed by atoms with van der Waals surface area (Å²) >= 11 is 1.70. The second kappa shape index (κ2) is 8.56. The highest BCUT2D eigenvalue weighted by atomic mass is 32.1. The zero-order valence-corrected chi connectivity index (χ0v) is 17.3. The van der Waals surface area contributed by atoms with Gasteiger partial charge in [0.05, 0.1) is 17.7 Å². The van der Waals surface area contributed by atoms with Crippen LogP contribution in [0, 0.1) is 0 Å². The molecule has 3 heterocycles. The summed E-state index contributed by atoms with van der Waals surface area (Å²) in [4.78, 5) is 4.53. The maximum Gasteiger partial charge on any atom is 0.122 e. The Hall–Kier alpha value is -2.73. The molecule has 4 aromatic rings. The van der Waals surface area contributed by atoms with Crippen LogP contribution < -0.4 is 4.74 Å². The van der Waals surface area contributed by atoms with Crippen LogP contribution in [0.5, 0.6) is 5.75 Å². The van der Waals surface area contributed by atoms with Crippen molar-refractivity contribution in [1.29, 1.82) is 0 Å². The van der Waals surface area contributed by atoms with Crippen molar-refractivity contribution >= 4 is 22.2 Å². The summed E-state index contributed by atoms with van der Waals surface area (Å²) in [7, 11) is 0. The van der Waals surface area contributed by atoms with Gasteiger partial charge >= 0.3 is 0 Å². The SMILES string of the molecule is OC1CCOC(c2cccc(COc3ccc4c(-c5ccsc5)ccnc4c3)c2)C1. The highest BCUT2D eigenvalue weighted by Gasteiger charge is 2.22. The minimum Gasteiger partial charge on any atom is -0.489 e. The summed E-state index contributed by atoms with van der Waals surface area (Å²) in [6.45, 7) is 1.07. The molecule has 1 saturated heterocycles. The van der Waals surface area contributed by atoms with Gasteiger partial charge in [0.2, 0.25) is 0 Å². The molecule has 0 saturated carbocycles. The molecule has 152 valence electrons. The van der Waals surface area contributed by atoms with Crippen molar-refractivity contribution in [3.63, 3.8) is 0 Å². The van der Waals surface area contributed by atoms with E-state index >= 15 is 0 Å². The lowest BCUT2D eigenvalue weighted by Gasteiger charge is -2.27. The number of pyridine rings is 1. The van der Waals surface area contributed by atoms with Crippen LogP contribution >= 0.6 is 11.3 Å². The molecule has 5 heteroatoms. The van der Waals surface area contributed by atoms with Crippen molar-refractivity contribution < 1.29 is 14.6 Å². The summed E-state index contributed by atoms with van der Waals surface area (Å²) in [6, 6.07) is 18.5. The smallest absolute Gasteiger partial charge is 0.122 e. The molecule has 0 aliphatic carbocycles. The first-order valence-corrected chi connectivity index (χ1v) is 11.1. The van der Waals surface area contributed by atoms with Crippen LogP contribution in [0.3, 0.4) is 0 Å². The van der Waals surface area contributed by atoms with E-state index in [4.69, 9.17) is 9.47 Å². The van der Waals surface area contributed by atoms with Gasteiger partial charge in [0.15, 0.2) is 0 Å². The molecule has 0 radical (unpaired) electrons. The molecule has 2 atom stereocenters. The van der Waals surface area contributed by atoms with Crippen molar-refractivity contribution in [2.24, 2.45) is 0 Å². The number of benzene rings is 2. The predicted octanol–water partition coefficient (Wildman–Crippen LogP) is 5.75. The molecular weight excluding hydrogens is 394 g/mol. The summed E-state index contributed by atoms with van der Waals surface area (Å²) in [5.74, 6) is 0.798. The second-order valence-corrected chi connectivity index (χ2v) is 8.40. The van der Waals surface area contributed by atoms with Gasteiger partial charge in [0.1, 0.15) is 12.4 Å². The van der Waals surface area contributed by atoms with Gasteiger partial charge in [0.25, 0.3) is 0 Å². The fraction of sp³-hybridized carbons (Fsp3) is 0.240. The number of fused-ring (bicyclic) bond motifs is 1. The highest BCUT2D eigenvalue weighted by molar-refractivity contribution is 7.08. The molecule has 2 unspecified atom stereocenters. The fourth-order valence-corrected chi connectivity index (χ4v) is 4.60. The average molecular weight is 418 g/mol. The number of aromatic nitrogens is 1. The van der Waals surface area contributed by atoms with Crippen LogP contribution in [0.4, 0.5) is 0 Å². The molecule has 1 aliphatic heterocycles. The van der Waals surface area contributed by atoms with Crippen molar-refractivity contribution in [1.82, 2.24) is 4.98 Å². The van der Waals surface area contributed by atoms with E-state index in [1.165, 1.54) is 11.1 Å². The molecule has 1 fully saturated rings. The van der Waals surface area contributed by atoms with Gasteiger partial charge in [-0.3, -0.25) is 4.98 Å². The zero-order chi connectivity index (χ0) is 20.3. The van der Waals surface area contributed by atoms with E-state index in [1.807, 2.05) is 24.4 Å². The normalized spacial score (nSPS) is 19.1. The minimum atomic E-state index is -0.285. The number of nitrogens with zero attached hydrogens (tertiary/aromatic N) is 1. The molecule has 5 rings (SSSR count). The van der Waals surface area contributed by atoms with Crippen molar-refractivity contribution in [3.8, 4) is 16.9 Å². The predicted molar refractivity (Wildman–Crippen MR) is 120 cm³/mol. The maximum atomic E-state index is 9.92. The van der Waals surface area contributed by atoms with E-state index in [9.17, 15) is 5.11 Å². The molecule has 0 spiro atoms. The van der Waals surface area contributed by atoms with Gasteiger partial charge in [0, 0.05) is 30.7 Å². The Kier molecular flexibility index (Phi) is 5.49.